The smallest absolute Gasteiger partial charge is 0.338 e. The van der Waals surface area contributed by atoms with E-state index in [0.29, 0.717) is 29.4 Å². The van der Waals surface area contributed by atoms with Gasteiger partial charge in [-0.25, -0.2) is 9.78 Å². The van der Waals surface area contributed by atoms with Crippen LogP contribution in [-0.4, -0.2) is 30.3 Å². The van der Waals surface area contributed by atoms with Crippen molar-refractivity contribution in [2.24, 2.45) is 0 Å². The third kappa shape index (κ3) is 4.63. The molecule has 1 heterocycles. The molecule has 4 nitrogen and oxygen atoms in total. The minimum absolute atomic E-state index is 0.291. The largest absolute Gasteiger partial charge is 0.462 e. The maximum absolute atomic E-state index is 11.8. The van der Waals surface area contributed by atoms with Crippen LogP contribution in [0.15, 0.2) is 12.1 Å². The van der Waals surface area contributed by atoms with Crippen molar-refractivity contribution in [2.75, 3.05) is 13.7 Å². The van der Waals surface area contributed by atoms with Crippen molar-refractivity contribution in [1.82, 2.24) is 4.98 Å². The van der Waals surface area contributed by atoms with Crippen LogP contribution in [0.3, 0.4) is 0 Å². The first-order valence-electron chi connectivity index (χ1n) is 5.70. The fourth-order valence-corrected chi connectivity index (χ4v) is 1.57. The first-order chi connectivity index (χ1) is 8.34. The van der Waals surface area contributed by atoms with Crippen molar-refractivity contribution in [1.29, 1.82) is 0 Å². The Morgan fingerprint density at radius 3 is 2.67 bits per heavy atom. The highest BCUT2D eigenvalue weighted by Crippen LogP contribution is 2.15. The summed E-state index contributed by atoms with van der Waals surface area (Å²) in [4.78, 5) is 15.8. The maximum atomic E-state index is 11.8. The zero-order valence-electron chi connectivity index (χ0n) is 11.1. The number of pyridine rings is 1. The number of aromatic nitrogens is 1. The standard InChI is InChI=1S/C13H18ClNO3/c1-9-7-10(8-11(14)15-9)12(16)18-6-5-13(2,3)17-4/h7-8H,5-6H2,1-4H3. The summed E-state index contributed by atoms with van der Waals surface area (Å²) in [5, 5.41) is 0.291. The van der Waals surface area contributed by atoms with Gasteiger partial charge in [0.15, 0.2) is 0 Å². The second kappa shape index (κ2) is 6.16. The van der Waals surface area contributed by atoms with Crippen LogP contribution in [0.1, 0.15) is 36.3 Å². The summed E-state index contributed by atoms with van der Waals surface area (Å²) in [6.07, 6.45) is 0.632. The van der Waals surface area contributed by atoms with Crippen molar-refractivity contribution >= 4 is 17.6 Å². The minimum Gasteiger partial charge on any atom is -0.462 e. The summed E-state index contributed by atoms with van der Waals surface area (Å²) >= 11 is 5.78. The summed E-state index contributed by atoms with van der Waals surface area (Å²) in [5.41, 5.74) is 0.806. The highest BCUT2D eigenvalue weighted by Gasteiger charge is 2.17. The predicted octanol–water partition coefficient (Wildman–Crippen LogP) is 3.02. The Balaban J connectivity index is 2.56. The minimum atomic E-state index is -0.394. The molecule has 0 aromatic carbocycles. The fraction of sp³-hybridized carbons (Fsp3) is 0.538. The molecular formula is C13H18ClNO3. The molecule has 0 unspecified atom stereocenters. The number of hydrogen-bond acceptors (Lipinski definition) is 4. The molecule has 0 spiro atoms. The van der Waals surface area contributed by atoms with E-state index in [4.69, 9.17) is 21.1 Å². The van der Waals surface area contributed by atoms with Gasteiger partial charge < -0.3 is 9.47 Å². The van der Waals surface area contributed by atoms with E-state index >= 15 is 0 Å². The molecule has 1 rings (SSSR count). The quantitative estimate of drug-likeness (QED) is 0.610. The summed E-state index contributed by atoms with van der Waals surface area (Å²) in [6.45, 7) is 5.96. The molecule has 0 fully saturated rings. The van der Waals surface area contributed by atoms with Crippen LogP contribution >= 0.6 is 11.6 Å². The molecule has 0 radical (unpaired) electrons. The van der Waals surface area contributed by atoms with Crippen LogP contribution in [0, 0.1) is 6.92 Å². The number of halogens is 1. The van der Waals surface area contributed by atoms with Gasteiger partial charge in [0, 0.05) is 19.2 Å². The number of hydrogen-bond donors (Lipinski definition) is 0. The average Bonchev–Trinajstić information content (AvgIpc) is 2.27. The topological polar surface area (TPSA) is 48.4 Å². The van der Waals surface area contributed by atoms with Gasteiger partial charge in [-0.2, -0.15) is 0 Å². The van der Waals surface area contributed by atoms with Crippen molar-refractivity contribution in [3.8, 4) is 0 Å². The Morgan fingerprint density at radius 1 is 1.44 bits per heavy atom. The first-order valence-corrected chi connectivity index (χ1v) is 6.08. The molecule has 0 bridgehead atoms. The number of carbonyl (C=O) groups is 1. The van der Waals surface area contributed by atoms with E-state index in [1.807, 2.05) is 13.8 Å². The highest BCUT2D eigenvalue weighted by molar-refractivity contribution is 6.29. The molecule has 0 atom stereocenters. The lowest BCUT2D eigenvalue weighted by atomic mass is 10.1. The van der Waals surface area contributed by atoms with E-state index in [9.17, 15) is 4.79 Å². The lowest BCUT2D eigenvalue weighted by Gasteiger charge is -2.22. The molecule has 18 heavy (non-hydrogen) atoms. The third-order valence-corrected chi connectivity index (χ3v) is 2.84. The van der Waals surface area contributed by atoms with E-state index in [-0.39, 0.29) is 5.60 Å². The third-order valence-electron chi connectivity index (χ3n) is 2.65. The Hall–Kier alpha value is -1.13. The monoisotopic (exact) mass is 271 g/mol. The van der Waals surface area contributed by atoms with Crippen molar-refractivity contribution in [3.05, 3.63) is 28.5 Å². The second-order valence-electron chi connectivity index (χ2n) is 4.67. The lowest BCUT2D eigenvalue weighted by molar-refractivity contribution is -0.00564. The van der Waals surface area contributed by atoms with E-state index in [2.05, 4.69) is 4.98 Å². The van der Waals surface area contributed by atoms with Gasteiger partial charge in [0.2, 0.25) is 0 Å². The average molecular weight is 272 g/mol. The predicted molar refractivity (Wildman–Crippen MR) is 70.0 cm³/mol. The van der Waals surface area contributed by atoms with Gasteiger partial charge in [0.05, 0.1) is 17.8 Å². The first kappa shape index (κ1) is 14.9. The Kier molecular flexibility index (Phi) is 5.11. The van der Waals surface area contributed by atoms with Gasteiger partial charge in [0.25, 0.3) is 0 Å². The number of nitrogens with zero attached hydrogens (tertiary/aromatic N) is 1. The van der Waals surface area contributed by atoms with Crippen LogP contribution < -0.4 is 0 Å². The van der Waals surface area contributed by atoms with Crippen LogP contribution in [0.25, 0.3) is 0 Å². The van der Waals surface area contributed by atoms with Crippen LogP contribution in [0.2, 0.25) is 5.15 Å². The number of ether oxygens (including phenoxy) is 2. The van der Waals surface area contributed by atoms with Gasteiger partial charge in [0.1, 0.15) is 5.15 Å². The molecule has 1 aromatic heterocycles. The zero-order chi connectivity index (χ0) is 13.8. The molecule has 0 saturated heterocycles. The molecule has 0 aliphatic carbocycles. The molecule has 100 valence electrons. The molecule has 0 N–H and O–H groups in total. The molecular weight excluding hydrogens is 254 g/mol. The van der Waals surface area contributed by atoms with E-state index in [0.717, 1.165) is 0 Å². The van der Waals surface area contributed by atoms with Gasteiger partial charge in [-0.3, -0.25) is 0 Å². The van der Waals surface area contributed by atoms with Gasteiger partial charge in [-0.15, -0.1) is 0 Å². The molecule has 0 aliphatic rings. The van der Waals surface area contributed by atoms with E-state index < -0.39 is 5.97 Å². The summed E-state index contributed by atoms with van der Waals surface area (Å²) < 4.78 is 10.4. The molecule has 1 aromatic rings. The van der Waals surface area contributed by atoms with Gasteiger partial charge in [-0.1, -0.05) is 11.6 Å². The summed E-state index contributed by atoms with van der Waals surface area (Å²) in [5.74, 6) is -0.394. The number of carbonyl (C=O) groups excluding carboxylic acids is 1. The van der Waals surface area contributed by atoms with Crippen molar-refractivity contribution in [3.63, 3.8) is 0 Å². The Labute approximate surface area is 112 Å². The SMILES string of the molecule is COC(C)(C)CCOC(=O)c1cc(C)nc(Cl)c1. The highest BCUT2D eigenvalue weighted by atomic mass is 35.5. The van der Waals surface area contributed by atoms with Crippen molar-refractivity contribution < 1.29 is 14.3 Å². The number of methoxy groups -OCH3 is 1. The maximum Gasteiger partial charge on any atom is 0.338 e. The van der Waals surface area contributed by atoms with Gasteiger partial charge >= 0.3 is 5.97 Å². The number of aryl methyl sites for hydroxylation is 1. The van der Waals surface area contributed by atoms with E-state index in [1.54, 1.807) is 20.1 Å². The fourth-order valence-electron chi connectivity index (χ4n) is 1.32. The Morgan fingerprint density at radius 2 is 2.11 bits per heavy atom. The van der Waals surface area contributed by atoms with Crippen molar-refractivity contribution in [2.45, 2.75) is 32.8 Å². The van der Waals surface area contributed by atoms with Gasteiger partial charge in [-0.05, 0) is 32.9 Å². The molecule has 0 saturated carbocycles. The summed E-state index contributed by atoms with van der Waals surface area (Å²) in [7, 11) is 1.63. The van der Waals surface area contributed by atoms with Crippen LogP contribution in [0.5, 0.6) is 0 Å². The number of esters is 1. The van der Waals surface area contributed by atoms with E-state index in [1.165, 1.54) is 6.07 Å². The normalized spacial score (nSPS) is 11.4. The second-order valence-corrected chi connectivity index (χ2v) is 5.06. The zero-order valence-corrected chi connectivity index (χ0v) is 11.9. The summed E-state index contributed by atoms with van der Waals surface area (Å²) in [6, 6.07) is 3.15. The molecule has 0 amide bonds. The Bertz CT molecular complexity index is 412. The molecule has 5 heteroatoms. The van der Waals surface area contributed by atoms with Crippen LogP contribution in [0.4, 0.5) is 0 Å². The molecule has 0 aliphatic heterocycles. The van der Waals surface area contributed by atoms with Crippen LogP contribution in [-0.2, 0) is 9.47 Å². The number of rotatable bonds is 5. The lowest BCUT2D eigenvalue weighted by Crippen LogP contribution is -2.25.